The van der Waals surface area contributed by atoms with E-state index in [1.165, 1.54) is 5.56 Å². The highest BCUT2D eigenvalue weighted by Crippen LogP contribution is 2.16. The SMILES string of the molecule is CCn1nccc1C(=O)c1ccc(C(C)C)cc1. The molecule has 0 unspecified atom stereocenters. The smallest absolute Gasteiger partial charge is 0.211 e. The van der Waals surface area contributed by atoms with Gasteiger partial charge < -0.3 is 0 Å². The van der Waals surface area contributed by atoms with Crippen LogP contribution in [-0.2, 0) is 6.54 Å². The summed E-state index contributed by atoms with van der Waals surface area (Å²) in [5.41, 5.74) is 2.61. The zero-order valence-corrected chi connectivity index (χ0v) is 11.1. The summed E-state index contributed by atoms with van der Waals surface area (Å²) in [6.07, 6.45) is 1.67. The predicted octanol–water partition coefficient (Wildman–Crippen LogP) is 3.26. The second-order valence-corrected chi connectivity index (χ2v) is 4.64. The van der Waals surface area contributed by atoms with E-state index < -0.39 is 0 Å². The van der Waals surface area contributed by atoms with Crippen molar-refractivity contribution in [1.29, 1.82) is 0 Å². The van der Waals surface area contributed by atoms with Crippen LogP contribution in [0.3, 0.4) is 0 Å². The lowest BCUT2D eigenvalue weighted by molar-refractivity contribution is 0.102. The Morgan fingerprint density at radius 1 is 1.22 bits per heavy atom. The minimum atomic E-state index is 0.0321. The van der Waals surface area contributed by atoms with Gasteiger partial charge in [-0.15, -0.1) is 0 Å². The van der Waals surface area contributed by atoms with Crippen molar-refractivity contribution in [3.05, 3.63) is 53.3 Å². The van der Waals surface area contributed by atoms with Crippen LogP contribution in [0.1, 0.15) is 48.3 Å². The van der Waals surface area contributed by atoms with Crippen LogP contribution >= 0.6 is 0 Å². The Morgan fingerprint density at radius 2 is 1.89 bits per heavy atom. The average Bonchev–Trinajstić information content (AvgIpc) is 2.86. The first kappa shape index (κ1) is 12.6. The van der Waals surface area contributed by atoms with Gasteiger partial charge in [0.2, 0.25) is 5.78 Å². The van der Waals surface area contributed by atoms with E-state index in [9.17, 15) is 4.79 Å². The number of carbonyl (C=O) groups excluding carboxylic acids is 1. The number of carbonyl (C=O) groups is 1. The molecule has 1 aromatic heterocycles. The van der Waals surface area contributed by atoms with Crippen LogP contribution in [0.4, 0.5) is 0 Å². The second-order valence-electron chi connectivity index (χ2n) is 4.64. The Bertz CT molecular complexity index is 538. The Balaban J connectivity index is 2.29. The topological polar surface area (TPSA) is 34.9 Å². The molecule has 0 atom stereocenters. The van der Waals surface area contributed by atoms with Gasteiger partial charge in [-0.1, -0.05) is 38.1 Å². The van der Waals surface area contributed by atoms with Gasteiger partial charge in [-0.05, 0) is 24.5 Å². The van der Waals surface area contributed by atoms with E-state index in [2.05, 4.69) is 18.9 Å². The molecule has 0 spiro atoms. The molecule has 3 heteroatoms. The molecule has 0 aliphatic carbocycles. The fraction of sp³-hybridized carbons (Fsp3) is 0.333. The van der Waals surface area contributed by atoms with E-state index in [4.69, 9.17) is 0 Å². The van der Waals surface area contributed by atoms with Crippen molar-refractivity contribution >= 4 is 5.78 Å². The van der Waals surface area contributed by atoms with E-state index in [0.29, 0.717) is 18.2 Å². The highest BCUT2D eigenvalue weighted by atomic mass is 16.1. The van der Waals surface area contributed by atoms with Crippen molar-refractivity contribution in [2.24, 2.45) is 0 Å². The van der Waals surface area contributed by atoms with E-state index in [-0.39, 0.29) is 5.78 Å². The molecule has 0 aliphatic rings. The molecule has 0 saturated heterocycles. The van der Waals surface area contributed by atoms with Gasteiger partial charge in [0.25, 0.3) is 0 Å². The summed E-state index contributed by atoms with van der Waals surface area (Å²) in [5.74, 6) is 0.514. The minimum Gasteiger partial charge on any atom is -0.287 e. The van der Waals surface area contributed by atoms with Gasteiger partial charge in [-0.25, -0.2) is 0 Å². The number of rotatable bonds is 4. The van der Waals surface area contributed by atoms with Crippen molar-refractivity contribution < 1.29 is 4.79 Å². The molecular weight excluding hydrogens is 224 g/mol. The molecule has 0 amide bonds. The van der Waals surface area contributed by atoms with Gasteiger partial charge in [0, 0.05) is 18.3 Å². The van der Waals surface area contributed by atoms with Crippen LogP contribution in [0, 0.1) is 0 Å². The molecule has 0 N–H and O–H groups in total. The standard InChI is InChI=1S/C15H18N2O/c1-4-17-14(9-10-16-17)15(18)13-7-5-12(6-8-13)11(2)3/h5-11H,4H2,1-3H3. The summed E-state index contributed by atoms with van der Waals surface area (Å²) >= 11 is 0. The second kappa shape index (κ2) is 5.17. The number of aromatic nitrogens is 2. The molecule has 0 radical (unpaired) electrons. The van der Waals surface area contributed by atoms with Gasteiger partial charge in [-0.3, -0.25) is 9.48 Å². The summed E-state index contributed by atoms with van der Waals surface area (Å²) in [6.45, 7) is 6.97. The van der Waals surface area contributed by atoms with Crippen molar-refractivity contribution in [2.45, 2.75) is 33.2 Å². The molecule has 18 heavy (non-hydrogen) atoms. The first-order chi connectivity index (χ1) is 8.63. The van der Waals surface area contributed by atoms with Gasteiger partial charge >= 0.3 is 0 Å². The fourth-order valence-electron chi connectivity index (χ4n) is 1.94. The summed E-state index contributed by atoms with van der Waals surface area (Å²) < 4.78 is 1.72. The molecule has 94 valence electrons. The largest absolute Gasteiger partial charge is 0.287 e. The van der Waals surface area contributed by atoms with Crippen LogP contribution in [0.5, 0.6) is 0 Å². The molecular formula is C15H18N2O. The number of hydrogen-bond donors (Lipinski definition) is 0. The Morgan fingerprint density at radius 3 is 2.44 bits per heavy atom. The third-order valence-corrected chi connectivity index (χ3v) is 3.09. The number of hydrogen-bond acceptors (Lipinski definition) is 2. The summed E-state index contributed by atoms with van der Waals surface area (Å²) in [7, 11) is 0. The maximum atomic E-state index is 12.3. The molecule has 3 nitrogen and oxygen atoms in total. The van der Waals surface area contributed by atoms with Crippen molar-refractivity contribution in [3.8, 4) is 0 Å². The molecule has 1 aromatic carbocycles. The zero-order chi connectivity index (χ0) is 13.1. The van der Waals surface area contributed by atoms with Gasteiger partial charge in [0.05, 0.1) is 0 Å². The number of aryl methyl sites for hydroxylation is 1. The molecule has 0 fully saturated rings. The van der Waals surface area contributed by atoms with Crippen LogP contribution in [-0.4, -0.2) is 15.6 Å². The Kier molecular flexibility index (Phi) is 3.60. The summed E-state index contributed by atoms with van der Waals surface area (Å²) in [6, 6.07) is 9.59. The number of benzene rings is 1. The maximum absolute atomic E-state index is 12.3. The molecule has 1 heterocycles. The van der Waals surface area contributed by atoms with E-state index in [1.54, 1.807) is 16.9 Å². The summed E-state index contributed by atoms with van der Waals surface area (Å²) in [4.78, 5) is 12.3. The quantitative estimate of drug-likeness (QED) is 0.771. The first-order valence-electron chi connectivity index (χ1n) is 6.30. The third-order valence-electron chi connectivity index (χ3n) is 3.09. The fourth-order valence-corrected chi connectivity index (χ4v) is 1.94. The zero-order valence-electron chi connectivity index (χ0n) is 11.1. The van der Waals surface area contributed by atoms with Crippen LogP contribution < -0.4 is 0 Å². The predicted molar refractivity (Wildman–Crippen MR) is 71.9 cm³/mol. The molecule has 0 saturated carbocycles. The van der Waals surface area contributed by atoms with E-state index in [1.807, 2.05) is 31.2 Å². The highest BCUT2D eigenvalue weighted by Gasteiger charge is 2.13. The Hall–Kier alpha value is -1.90. The minimum absolute atomic E-state index is 0.0321. The molecule has 0 aliphatic heterocycles. The normalized spacial score (nSPS) is 10.9. The molecule has 0 bridgehead atoms. The number of nitrogens with zero attached hydrogens (tertiary/aromatic N) is 2. The first-order valence-corrected chi connectivity index (χ1v) is 6.30. The molecule has 2 rings (SSSR count). The molecule has 2 aromatic rings. The maximum Gasteiger partial charge on any atom is 0.211 e. The van der Waals surface area contributed by atoms with Crippen molar-refractivity contribution in [2.75, 3.05) is 0 Å². The van der Waals surface area contributed by atoms with Crippen molar-refractivity contribution in [1.82, 2.24) is 9.78 Å². The van der Waals surface area contributed by atoms with Crippen molar-refractivity contribution in [3.63, 3.8) is 0 Å². The van der Waals surface area contributed by atoms with Gasteiger partial charge in [0.1, 0.15) is 5.69 Å². The lowest BCUT2D eigenvalue weighted by atomic mass is 10.00. The van der Waals surface area contributed by atoms with Gasteiger partial charge in [-0.2, -0.15) is 5.10 Å². The number of ketones is 1. The van der Waals surface area contributed by atoms with Crippen LogP contribution in [0.15, 0.2) is 36.5 Å². The van der Waals surface area contributed by atoms with Gasteiger partial charge in [0.15, 0.2) is 0 Å². The van der Waals surface area contributed by atoms with Crippen LogP contribution in [0.25, 0.3) is 0 Å². The Labute approximate surface area is 107 Å². The highest BCUT2D eigenvalue weighted by molar-refractivity contribution is 6.07. The van der Waals surface area contributed by atoms with E-state index >= 15 is 0 Å². The monoisotopic (exact) mass is 242 g/mol. The lowest BCUT2D eigenvalue weighted by Gasteiger charge is -2.07. The van der Waals surface area contributed by atoms with Crippen LogP contribution in [0.2, 0.25) is 0 Å². The van der Waals surface area contributed by atoms with E-state index in [0.717, 1.165) is 5.56 Å². The third kappa shape index (κ3) is 2.35. The average molecular weight is 242 g/mol. The lowest BCUT2D eigenvalue weighted by Crippen LogP contribution is -2.10. The summed E-state index contributed by atoms with van der Waals surface area (Å²) in [5, 5.41) is 4.12.